The second-order valence-corrected chi connectivity index (χ2v) is 6.67. The van der Waals surface area contributed by atoms with Gasteiger partial charge < -0.3 is 5.32 Å². The van der Waals surface area contributed by atoms with Crippen LogP contribution in [0.25, 0.3) is 0 Å². The molecule has 1 aliphatic heterocycles. The summed E-state index contributed by atoms with van der Waals surface area (Å²) in [5.74, 6) is 0. The summed E-state index contributed by atoms with van der Waals surface area (Å²) in [5, 5.41) is 3.54. The Bertz CT molecular complexity index is 276. The summed E-state index contributed by atoms with van der Waals surface area (Å²) >= 11 is 2.58. The number of allylic oxidation sites excluding steroid dienone is 2. The van der Waals surface area contributed by atoms with E-state index in [1.54, 1.807) is 11.1 Å². The molecule has 1 N–H and O–H groups in total. The maximum absolute atomic E-state index is 3.54. The summed E-state index contributed by atoms with van der Waals surface area (Å²) in [4.78, 5) is 0. The molecule has 2 atom stereocenters. The van der Waals surface area contributed by atoms with Crippen LogP contribution in [0.15, 0.2) is 23.3 Å². The molecule has 1 unspecified atom stereocenters. The maximum Gasteiger partial charge on any atom is 0.0454 e. The molecular formula is C11H16IN. The van der Waals surface area contributed by atoms with E-state index in [-0.39, 0.29) is 0 Å². The molecule has 0 spiro atoms. The zero-order valence-corrected chi connectivity index (χ0v) is 10.4. The second kappa shape index (κ2) is 3.39. The Balaban J connectivity index is 2.33. The molecular weight excluding hydrogens is 273 g/mol. The lowest BCUT2D eigenvalue weighted by atomic mass is 9.83. The summed E-state index contributed by atoms with van der Waals surface area (Å²) < 4.78 is 0.356. The van der Waals surface area contributed by atoms with Crippen LogP contribution in [0.3, 0.4) is 0 Å². The Morgan fingerprint density at radius 2 is 2.38 bits per heavy atom. The van der Waals surface area contributed by atoms with Crippen molar-refractivity contribution in [1.29, 1.82) is 0 Å². The van der Waals surface area contributed by atoms with Crippen molar-refractivity contribution in [1.82, 2.24) is 5.32 Å². The van der Waals surface area contributed by atoms with Gasteiger partial charge in [-0.3, -0.25) is 0 Å². The molecule has 72 valence electrons. The van der Waals surface area contributed by atoms with E-state index in [1.165, 1.54) is 12.8 Å². The van der Waals surface area contributed by atoms with Crippen LogP contribution in [0.2, 0.25) is 0 Å². The van der Waals surface area contributed by atoms with Gasteiger partial charge in [-0.25, -0.2) is 0 Å². The fourth-order valence-corrected chi connectivity index (χ4v) is 2.94. The van der Waals surface area contributed by atoms with Crippen molar-refractivity contribution < 1.29 is 0 Å². The van der Waals surface area contributed by atoms with E-state index in [1.807, 2.05) is 0 Å². The van der Waals surface area contributed by atoms with Crippen molar-refractivity contribution in [2.24, 2.45) is 0 Å². The van der Waals surface area contributed by atoms with Crippen LogP contribution in [-0.4, -0.2) is 16.0 Å². The number of halogens is 1. The molecule has 2 rings (SSSR count). The number of nitrogens with one attached hydrogen (secondary N) is 1. The molecule has 0 aromatic rings. The number of hydrogen-bond donors (Lipinski definition) is 1. The molecule has 13 heavy (non-hydrogen) atoms. The third-order valence-corrected chi connectivity index (χ3v) is 4.08. The third kappa shape index (κ3) is 1.84. The van der Waals surface area contributed by atoms with E-state index >= 15 is 0 Å². The van der Waals surface area contributed by atoms with Crippen molar-refractivity contribution in [3.63, 3.8) is 0 Å². The minimum Gasteiger partial charge on any atom is -0.310 e. The largest absolute Gasteiger partial charge is 0.310 e. The first-order valence-electron chi connectivity index (χ1n) is 4.91. The molecule has 0 fully saturated rings. The third-order valence-electron chi connectivity index (χ3n) is 2.99. The summed E-state index contributed by atoms with van der Waals surface area (Å²) in [5.41, 5.74) is 3.20. The average molecular weight is 289 g/mol. The van der Waals surface area contributed by atoms with Crippen molar-refractivity contribution in [2.75, 3.05) is 6.54 Å². The highest BCUT2D eigenvalue weighted by molar-refractivity contribution is 14.1. The lowest BCUT2D eigenvalue weighted by molar-refractivity contribution is 0.517. The quantitative estimate of drug-likeness (QED) is 0.534. The monoisotopic (exact) mass is 289 g/mol. The summed E-state index contributed by atoms with van der Waals surface area (Å²) in [7, 11) is 0. The Hall–Kier alpha value is 0.170. The van der Waals surface area contributed by atoms with E-state index < -0.39 is 0 Å². The highest BCUT2D eigenvalue weighted by Crippen LogP contribution is 2.39. The number of alkyl halides is 1. The van der Waals surface area contributed by atoms with Crippen LogP contribution < -0.4 is 5.32 Å². The van der Waals surface area contributed by atoms with Gasteiger partial charge >= 0.3 is 0 Å². The van der Waals surface area contributed by atoms with Crippen molar-refractivity contribution in [3.05, 3.63) is 23.3 Å². The maximum atomic E-state index is 3.54. The lowest BCUT2D eigenvalue weighted by Crippen LogP contribution is -2.39. The fourth-order valence-electron chi connectivity index (χ4n) is 2.15. The summed E-state index contributed by atoms with van der Waals surface area (Å²) in [6.07, 6.45) is 7.03. The first-order valence-corrected chi connectivity index (χ1v) is 5.99. The smallest absolute Gasteiger partial charge is 0.0454 e. The molecule has 0 amide bonds. The van der Waals surface area contributed by atoms with Crippen molar-refractivity contribution >= 4 is 22.6 Å². The summed E-state index contributed by atoms with van der Waals surface area (Å²) in [6.45, 7) is 5.68. The van der Waals surface area contributed by atoms with Gasteiger partial charge in [0.2, 0.25) is 0 Å². The van der Waals surface area contributed by atoms with E-state index in [2.05, 4.69) is 53.9 Å². The number of hydrogen-bond acceptors (Lipinski definition) is 1. The van der Waals surface area contributed by atoms with Crippen molar-refractivity contribution in [3.8, 4) is 0 Å². The topological polar surface area (TPSA) is 12.0 Å². The standard InChI is InChI=1S/C11H16IN/c1-8-6-9-4-3-5-11(2,12)10(9)7-13-8/h3-4,8,13H,5-7H2,1-2H3/t8-,11?/m0/s1. The molecule has 1 aliphatic carbocycles. The second-order valence-electron chi connectivity index (χ2n) is 4.29. The predicted molar refractivity (Wildman–Crippen MR) is 65.3 cm³/mol. The van der Waals surface area contributed by atoms with Crippen LogP contribution >= 0.6 is 22.6 Å². The van der Waals surface area contributed by atoms with Crippen LogP contribution in [-0.2, 0) is 0 Å². The first-order chi connectivity index (χ1) is 6.09. The normalized spacial score (nSPS) is 39.2. The van der Waals surface area contributed by atoms with Gasteiger partial charge in [-0.1, -0.05) is 34.7 Å². The minimum absolute atomic E-state index is 0.356. The van der Waals surface area contributed by atoms with E-state index in [0.717, 1.165) is 6.54 Å². The molecule has 0 aromatic heterocycles. The van der Waals surface area contributed by atoms with Gasteiger partial charge in [0.25, 0.3) is 0 Å². The molecule has 1 heterocycles. The van der Waals surface area contributed by atoms with Crippen LogP contribution in [0.5, 0.6) is 0 Å². The minimum atomic E-state index is 0.356. The SMILES string of the molecule is C[C@H]1CC2=C(CN1)C(C)(I)CC=C2. The molecule has 0 radical (unpaired) electrons. The van der Waals surface area contributed by atoms with Crippen molar-refractivity contribution in [2.45, 2.75) is 36.2 Å². The van der Waals surface area contributed by atoms with Crippen LogP contribution in [0.1, 0.15) is 26.7 Å². The molecule has 0 aromatic carbocycles. The van der Waals surface area contributed by atoms with Crippen LogP contribution in [0.4, 0.5) is 0 Å². The fraction of sp³-hybridized carbons (Fsp3) is 0.636. The molecule has 0 saturated heterocycles. The van der Waals surface area contributed by atoms with Gasteiger partial charge in [0, 0.05) is 16.0 Å². The van der Waals surface area contributed by atoms with Gasteiger partial charge in [0.15, 0.2) is 0 Å². The van der Waals surface area contributed by atoms with E-state index in [9.17, 15) is 0 Å². The van der Waals surface area contributed by atoms with Gasteiger partial charge in [0.1, 0.15) is 0 Å². The van der Waals surface area contributed by atoms with Gasteiger partial charge in [-0.05, 0) is 37.8 Å². The van der Waals surface area contributed by atoms with Gasteiger partial charge in [-0.2, -0.15) is 0 Å². The van der Waals surface area contributed by atoms with Gasteiger partial charge in [0.05, 0.1) is 0 Å². The number of rotatable bonds is 0. The Kier molecular flexibility index (Phi) is 2.53. The Labute approximate surface area is 93.8 Å². The lowest BCUT2D eigenvalue weighted by Gasteiger charge is -2.36. The molecule has 2 heteroatoms. The highest BCUT2D eigenvalue weighted by Gasteiger charge is 2.31. The zero-order valence-electron chi connectivity index (χ0n) is 8.23. The zero-order chi connectivity index (χ0) is 9.47. The molecule has 1 nitrogen and oxygen atoms in total. The Morgan fingerprint density at radius 3 is 3.15 bits per heavy atom. The van der Waals surface area contributed by atoms with E-state index in [4.69, 9.17) is 0 Å². The summed E-state index contributed by atoms with van der Waals surface area (Å²) in [6, 6.07) is 0.647. The molecule has 2 aliphatic rings. The average Bonchev–Trinajstić information content (AvgIpc) is 2.02. The van der Waals surface area contributed by atoms with Crippen LogP contribution in [0, 0.1) is 0 Å². The predicted octanol–water partition coefficient (Wildman–Crippen LogP) is 2.82. The Morgan fingerprint density at radius 1 is 1.62 bits per heavy atom. The highest BCUT2D eigenvalue weighted by atomic mass is 127. The first kappa shape index (κ1) is 9.71. The molecule has 0 saturated carbocycles. The van der Waals surface area contributed by atoms with E-state index in [0.29, 0.717) is 9.46 Å². The molecule has 0 bridgehead atoms. The van der Waals surface area contributed by atoms with Gasteiger partial charge in [-0.15, -0.1) is 0 Å².